The van der Waals surface area contributed by atoms with E-state index in [2.05, 4.69) is 5.32 Å². The zero-order valence-electron chi connectivity index (χ0n) is 10.0. The van der Waals surface area contributed by atoms with E-state index in [-0.39, 0.29) is 23.8 Å². The zero-order valence-corrected chi connectivity index (χ0v) is 10.9. The summed E-state index contributed by atoms with van der Waals surface area (Å²) in [4.78, 5) is 10.6. The fourth-order valence-electron chi connectivity index (χ4n) is 2.36. The van der Waals surface area contributed by atoms with Gasteiger partial charge in [0.15, 0.2) is 0 Å². The molecule has 0 aromatic carbocycles. The Morgan fingerprint density at radius 3 is 2.59 bits per heavy atom. The van der Waals surface area contributed by atoms with Crippen molar-refractivity contribution in [2.45, 2.75) is 31.4 Å². The summed E-state index contributed by atoms with van der Waals surface area (Å²) >= 11 is 0. The van der Waals surface area contributed by atoms with Crippen LogP contribution in [0.25, 0.3) is 0 Å². The summed E-state index contributed by atoms with van der Waals surface area (Å²) in [5.74, 6) is -0.211. The Hall–Kier alpha value is -0.820. The van der Waals surface area contributed by atoms with Crippen LogP contribution in [0.3, 0.4) is 0 Å². The van der Waals surface area contributed by atoms with E-state index < -0.39 is 15.9 Å². The van der Waals surface area contributed by atoms with Crippen LogP contribution in [0, 0.1) is 5.92 Å². The van der Waals surface area contributed by atoms with Gasteiger partial charge in [-0.3, -0.25) is 0 Å². The van der Waals surface area contributed by atoms with E-state index in [4.69, 9.17) is 9.84 Å². The molecule has 3 atom stereocenters. The van der Waals surface area contributed by atoms with Crippen molar-refractivity contribution in [2.24, 2.45) is 5.92 Å². The molecule has 0 aromatic heterocycles. The van der Waals surface area contributed by atoms with Crippen LogP contribution < -0.4 is 5.32 Å². The lowest BCUT2D eigenvalue weighted by molar-refractivity contribution is 0.0427. The Morgan fingerprint density at radius 1 is 1.47 bits per heavy atom. The highest BCUT2D eigenvalue weighted by molar-refractivity contribution is 7.90. The molecule has 0 bridgehead atoms. The molecule has 17 heavy (non-hydrogen) atoms. The first-order valence-electron chi connectivity index (χ1n) is 5.52. The number of carbonyl (C=O) groups is 1. The zero-order chi connectivity index (χ0) is 13.1. The van der Waals surface area contributed by atoms with E-state index in [9.17, 15) is 13.2 Å². The fraction of sp³-hybridized carbons (Fsp3) is 0.900. The van der Waals surface area contributed by atoms with Crippen molar-refractivity contribution in [3.05, 3.63) is 0 Å². The molecular weight excluding hydrogens is 246 g/mol. The number of hydrogen-bond donors (Lipinski definition) is 2. The summed E-state index contributed by atoms with van der Waals surface area (Å²) in [5, 5.41) is 11.1. The number of methoxy groups -OCH3 is 1. The number of hydrogen-bond acceptors (Lipinski definition) is 4. The highest BCUT2D eigenvalue weighted by atomic mass is 32.2. The molecule has 6 nitrogen and oxygen atoms in total. The van der Waals surface area contributed by atoms with Crippen LogP contribution in [-0.2, 0) is 14.6 Å². The standard InChI is InChI=1S/C10H19NO5S/c1-16-8-3-4-9(11-10(12)13)7(5-8)6-17(2,14)15/h7-9,11H,3-6H2,1-2H3,(H,12,13)/t7-,8+,9-/m0/s1. The van der Waals surface area contributed by atoms with Gasteiger partial charge in [0, 0.05) is 19.4 Å². The Balaban J connectivity index is 2.71. The lowest BCUT2D eigenvalue weighted by Gasteiger charge is -2.34. The first-order chi connectivity index (χ1) is 7.81. The number of nitrogens with one attached hydrogen (secondary N) is 1. The maximum atomic E-state index is 11.3. The van der Waals surface area contributed by atoms with Crippen LogP contribution in [0.15, 0.2) is 0 Å². The molecule has 0 aromatic rings. The second-order valence-corrected chi connectivity index (χ2v) is 6.76. The molecular formula is C10H19NO5S. The van der Waals surface area contributed by atoms with Crippen molar-refractivity contribution in [3.8, 4) is 0 Å². The molecule has 0 unspecified atom stereocenters. The van der Waals surface area contributed by atoms with Crippen LogP contribution in [0.1, 0.15) is 19.3 Å². The molecule has 1 aliphatic carbocycles. The molecule has 7 heteroatoms. The van der Waals surface area contributed by atoms with Gasteiger partial charge in [0.1, 0.15) is 9.84 Å². The largest absolute Gasteiger partial charge is 0.465 e. The van der Waals surface area contributed by atoms with E-state index in [0.717, 1.165) is 6.42 Å². The third-order valence-electron chi connectivity index (χ3n) is 3.09. The van der Waals surface area contributed by atoms with Gasteiger partial charge in [0.25, 0.3) is 0 Å². The van der Waals surface area contributed by atoms with Crippen LogP contribution in [0.2, 0.25) is 0 Å². The lowest BCUT2D eigenvalue weighted by Crippen LogP contribution is -2.46. The van der Waals surface area contributed by atoms with Crippen LogP contribution in [-0.4, -0.2) is 50.9 Å². The van der Waals surface area contributed by atoms with Crippen LogP contribution in [0.5, 0.6) is 0 Å². The normalized spacial score (nSPS) is 29.9. The molecule has 1 amide bonds. The van der Waals surface area contributed by atoms with Gasteiger partial charge in [0.05, 0.1) is 11.9 Å². The first-order valence-corrected chi connectivity index (χ1v) is 7.58. The molecule has 1 fully saturated rings. The average Bonchev–Trinajstić information content (AvgIpc) is 2.17. The van der Waals surface area contributed by atoms with E-state index in [1.807, 2.05) is 0 Å². The van der Waals surface area contributed by atoms with E-state index >= 15 is 0 Å². The smallest absolute Gasteiger partial charge is 0.404 e. The third-order valence-corrected chi connectivity index (χ3v) is 4.13. The van der Waals surface area contributed by atoms with E-state index in [1.165, 1.54) is 6.26 Å². The monoisotopic (exact) mass is 265 g/mol. The van der Waals surface area contributed by atoms with Gasteiger partial charge < -0.3 is 15.2 Å². The van der Waals surface area contributed by atoms with Crippen molar-refractivity contribution in [2.75, 3.05) is 19.1 Å². The molecule has 100 valence electrons. The van der Waals surface area contributed by atoms with Crippen molar-refractivity contribution in [3.63, 3.8) is 0 Å². The predicted molar refractivity (Wildman–Crippen MR) is 62.8 cm³/mol. The summed E-state index contributed by atoms with van der Waals surface area (Å²) in [5.41, 5.74) is 0. The summed E-state index contributed by atoms with van der Waals surface area (Å²) in [6, 6.07) is -0.298. The van der Waals surface area contributed by atoms with Crippen molar-refractivity contribution in [1.82, 2.24) is 5.32 Å². The molecule has 0 aliphatic heterocycles. The summed E-state index contributed by atoms with van der Waals surface area (Å²) < 4.78 is 27.8. The van der Waals surface area contributed by atoms with Crippen LogP contribution >= 0.6 is 0 Å². The Labute approximate surface area is 101 Å². The number of amides is 1. The Bertz CT molecular complexity index is 367. The molecule has 1 aliphatic rings. The van der Waals surface area contributed by atoms with E-state index in [1.54, 1.807) is 7.11 Å². The van der Waals surface area contributed by atoms with Crippen LogP contribution in [0.4, 0.5) is 4.79 Å². The summed E-state index contributed by atoms with van der Waals surface area (Å²) in [6.07, 6.45) is 2.03. The van der Waals surface area contributed by atoms with Gasteiger partial charge in [-0.1, -0.05) is 0 Å². The molecule has 0 spiro atoms. The van der Waals surface area contributed by atoms with Gasteiger partial charge in [-0.05, 0) is 25.2 Å². The number of sulfone groups is 1. The van der Waals surface area contributed by atoms with Gasteiger partial charge in [0.2, 0.25) is 0 Å². The van der Waals surface area contributed by atoms with Gasteiger partial charge in [-0.2, -0.15) is 0 Å². The third kappa shape index (κ3) is 4.91. The summed E-state index contributed by atoms with van der Waals surface area (Å²) in [6.45, 7) is 0. The second-order valence-electron chi connectivity index (χ2n) is 4.58. The highest BCUT2D eigenvalue weighted by Crippen LogP contribution is 2.27. The Morgan fingerprint density at radius 2 is 2.12 bits per heavy atom. The van der Waals surface area contributed by atoms with Crippen molar-refractivity contribution in [1.29, 1.82) is 0 Å². The first kappa shape index (κ1) is 14.2. The lowest BCUT2D eigenvalue weighted by atomic mass is 9.84. The molecule has 1 saturated carbocycles. The van der Waals surface area contributed by atoms with Crippen molar-refractivity contribution >= 4 is 15.9 Å². The number of carboxylic acid groups (broad SMARTS) is 1. The van der Waals surface area contributed by atoms with E-state index in [0.29, 0.717) is 12.8 Å². The molecule has 2 N–H and O–H groups in total. The predicted octanol–water partition coefficient (Wildman–Crippen LogP) is 0.482. The fourth-order valence-corrected chi connectivity index (χ4v) is 3.50. The second kappa shape index (κ2) is 5.68. The molecule has 0 heterocycles. The van der Waals surface area contributed by atoms with Gasteiger partial charge in [-0.15, -0.1) is 0 Å². The minimum atomic E-state index is -3.11. The minimum absolute atomic E-state index is 0.00218. The van der Waals surface area contributed by atoms with Gasteiger partial charge >= 0.3 is 6.09 Å². The molecule has 1 rings (SSSR count). The maximum absolute atomic E-state index is 11.3. The maximum Gasteiger partial charge on any atom is 0.404 e. The summed E-state index contributed by atoms with van der Waals surface area (Å²) in [7, 11) is -1.52. The van der Waals surface area contributed by atoms with Gasteiger partial charge in [-0.25, -0.2) is 13.2 Å². The molecule has 0 saturated heterocycles. The number of rotatable bonds is 4. The SMILES string of the molecule is CO[C@@H]1CC[C@H](NC(=O)O)[C@H](CS(C)(=O)=O)C1. The number of ether oxygens (including phenoxy) is 1. The average molecular weight is 265 g/mol. The Kier molecular flexibility index (Phi) is 4.76. The quantitative estimate of drug-likeness (QED) is 0.771. The minimum Gasteiger partial charge on any atom is -0.465 e. The highest BCUT2D eigenvalue weighted by Gasteiger charge is 2.33. The van der Waals surface area contributed by atoms with Crippen molar-refractivity contribution < 1.29 is 23.1 Å². The topological polar surface area (TPSA) is 92.7 Å². The molecule has 0 radical (unpaired) electrons.